The number of fused-ring (bicyclic) bond motifs is 1. The Morgan fingerprint density at radius 1 is 1.09 bits per heavy atom. The molecule has 0 aliphatic carbocycles. The van der Waals surface area contributed by atoms with Crippen molar-refractivity contribution in [3.8, 4) is 11.5 Å². The minimum absolute atomic E-state index is 0.293. The van der Waals surface area contributed by atoms with E-state index in [1.54, 1.807) is 31.2 Å². The molecule has 1 aromatic carbocycles. The Morgan fingerprint density at radius 3 is 2.69 bits per heavy atom. The van der Waals surface area contributed by atoms with Crippen LogP contribution in [0, 0.1) is 5.92 Å². The number of hydrogen-bond acceptors (Lipinski definition) is 9. The highest BCUT2D eigenvalue weighted by molar-refractivity contribution is 5.87. The van der Waals surface area contributed by atoms with E-state index in [4.69, 9.17) is 18.9 Å². The molecular weight excluding hydrogens is 454 g/mol. The first-order valence-corrected chi connectivity index (χ1v) is 12.5. The van der Waals surface area contributed by atoms with Gasteiger partial charge in [0.05, 0.1) is 19.8 Å². The quantitative estimate of drug-likeness (QED) is 0.387. The summed E-state index contributed by atoms with van der Waals surface area (Å²) in [6.45, 7) is 4.34. The maximum absolute atomic E-state index is 12.4. The molecule has 0 spiro atoms. The van der Waals surface area contributed by atoms with Crippen LogP contribution in [0.1, 0.15) is 44.6 Å². The average molecular weight is 492 g/mol. The van der Waals surface area contributed by atoms with Crippen molar-refractivity contribution in [1.29, 1.82) is 0 Å². The molecule has 3 saturated heterocycles. The molecule has 0 bridgehead atoms. The lowest BCUT2D eigenvalue weighted by atomic mass is 9.84. The number of piperidine rings is 2. The Labute approximate surface area is 206 Å². The number of hydrogen-bond donors (Lipinski definition) is 3. The average Bonchev–Trinajstić information content (AvgIpc) is 2.88. The van der Waals surface area contributed by atoms with Crippen LogP contribution in [-0.4, -0.2) is 89.7 Å². The van der Waals surface area contributed by atoms with Crippen molar-refractivity contribution >= 4 is 12.0 Å². The maximum atomic E-state index is 12.4. The predicted molar refractivity (Wildman–Crippen MR) is 128 cm³/mol. The van der Waals surface area contributed by atoms with E-state index < -0.39 is 30.7 Å². The van der Waals surface area contributed by atoms with E-state index in [-0.39, 0.29) is 5.97 Å². The van der Waals surface area contributed by atoms with E-state index in [1.165, 1.54) is 32.4 Å². The summed E-state index contributed by atoms with van der Waals surface area (Å²) in [5.41, 5.74) is 0.705. The number of carbonyl (C=O) groups excluding carboxylic acids is 1. The standard InChI is InChI=1S/C26H37NO8/c1-16-23(29)24(30)25(31)26(34-16)35-20-10-8-17(14-21(20)32-2)9-11-22(28)33-15-18-6-5-13-27-12-4-3-7-19(18)27/h8-11,14,16,18-19,23-26,29-31H,3-7,12-13,15H2,1-2H3/b11-9-/t16-,18+,19+,23-,24+,25+,26-/m0/s1. The van der Waals surface area contributed by atoms with Crippen LogP contribution < -0.4 is 9.47 Å². The third-order valence-electron chi connectivity index (χ3n) is 7.32. The van der Waals surface area contributed by atoms with Gasteiger partial charge in [-0.15, -0.1) is 0 Å². The maximum Gasteiger partial charge on any atom is 0.330 e. The zero-order valence-electron chi connectivity index (χ0n) is 20.4. The number of aliphatic hydroxyl groups excluding tert-OH is 3. The summed E-state index contributed by atoms with van der Waals surface area (Å²) in [5, 5.41) is 30.0. The van der Waals surface area contributed by atoms with Crippen molar-refractivity contribution < 1.29 is 39.1 Å². The Kier molecular flexibility index (Phi) is 8.67. The summed E-state index contributed by atoms with van der Waals surface area (Å²) in [5.74, 6) is 0.681. The number of ether oxygens (including phenoxy) is 4. The molecule has 3 aliphatic rings. The van der Waals surface area contributed by atoms with Crippen LogP contribution in [0.3, 0.4) is 0 Å². The highest BCUT2D eigenvalue weighted by Gasteiger charge is 2.43. The van der Waals surface area contributed by atoms with Crippen molar-refractivity contribution in [3.63, 3.8) is 0 Å². The van der Waals surface area contributed by atoms with Crippen molar-refractivity contribution in [2.75, 3.05) is 26.8 Å². The minimum Gasteiger partial charge on any atom is -0.493 e. The normalized spacial score (nSPS) is 33.8. The summed E-state index contributed by atoms with van der Waals surface area (Å²) in [6.07, 6.45) is 3.10. The molecule has 0 aromatic heterocycles. The minimum atomic E-state index is -1.43. The molecule has 9 heteroatoms. The van der Waals surface area contributed by atoms with E-state index in [9.17, 15) is 20.1 Å². The molecule has 3 fully saturated rings. The lowest BCUT2D eigenvalue weighted by Gasteiger charge is -2.44. The largest absolute Gasteiger partial charge is 0.493 e. The van der Waals surface area contributed by atoms with Crippen LogP contribution in [0.5, 0.6) is 11.5 Å². The summed E-state index contributed by atoms with van der Waals surface area (Å²) in [6, 6.07) is 5.57. The molecule has 3 N–H and O–H groups in total. The van der Waals surface area contributed by atoms with Crippen molar-refractivity contribution in [1.82, 2.24) is 4.90 Å². The monoisotopic (exact) mass is 491 g/mol. The van der Waals surface area contributed by atoms with E-state index in [2.05, 4.69) is 4.90 Å². The number of rotatable bonds is 7. The summed E-state index contributed by atoms with van der Waals surface area (Å²) >= 11 is 0. The van der Waals surface area contributed by atoms with Crippen LogP contribution in [0.25, 0.3) is 6.08 Å². The van der Waals surface area contributed by atoms with E-state index in [0.29, 0.717) is 35.6 Å². The van der Waals surface area contributed by atoms with Gasteiger partial charge in [0.15, 0.2) is 11.5 Å². The van der Waals surface area contributed by atoms with Crippen molar-refractivity contribution in [2.24, 2.45) is 5.92 Å². The number of methoxy groups -OCH3 is 1. The Hall–Kier alpha value is -2.17. The van der Waals surface area contributed by atoms with Crippen molar-refractivity contribution in [2.45, 2.75) is 75.8 Å². The molecule has 3 aliphatic heterocycles. The Bertz CT molecular complexity index is 890. The fourth-order valence-corrected chi connectivity index (χ4v) is 5.29. The molecular formula is C26H37NO8. The Balaban J connectivity index is 1.33. The van der Waals surface area contributed by atoms with Crippen molar-refractivity contribution in [3.05, 3.63) is 29.8 Å². The van der Waals surface area contributed by atoms with Gasteiger partial charge >= 0.3 is 5.97 Å². The molecule has 0 unspecified atom stereocenters. The predicted octanol–water partition coefficient (Wildman–Crippen LogP) is 1.72. The van der Waals surface area contributed by atoms with Gasteiger partial charge in [-0.3, -0.25) is 4.90 Å². The molecule has 0 saturated carbocycles. The SMILES string of the molecule is COc1cc(/C=C\C(=O)OC[C@H]2CCCN3CCCC[C@H]23)ccc1O[C@@H]1O[C@@H](C)[C@H](O)[C@@H](O)[C@H]1O. The molecule has 7 atom stereocenters. The number of nitrogens with zero attached hydrogens (tertiary/aromatic N) is 1. The van der Waals surface area contributed by atoms with Crippen LogP contribution in [0.2, 0.25) is 0 Å². The molecule has 194 valence electrons. The molecule has 0 radical (unpaired) electrons. The molecule has 1 aromatic rings. The van der Waals surface area contributed by atoms with Gasteiger partial charge in [-0.05, 0) is 69.5 Å². The van der Waals surface area contributed by atoms with Gasteiger partial charge in [-0.25, -0.2) is 4.79 Å². The van der Waals surface area contributed by atoms with Crippen LogP contribution in [0.15, 0.2) is 24.3 Å². The molecule has 35 heavy (non-hydrogen) atoms. The molecule has 0 amide bonds. The van der Waals surface area contributed by atoms with E-state index >= 15 is 0 Å². The second-order valence-electron chi connectivity index (χ2n) is 9.67. The van der Waals surface area contributed by atoms with Gasteiger partial charge < -0.3 is 34.3 Å². The van der Waals surface area contributed by atoms with Gasteiger partial charge in [0.1, 0.15) is 18.3 Å². The third kappa shape index (κ3) is 6.16. The summed E-state index contributed by atoms with van der Waals surface area (Å²) < 4.78 is 22.2. The second kappa shape index (κ2) is 11.7. The van der Waals surface area contributed by atoms with Gasteiger partial charge in [0.2, 0.25) is 6.29 Å². The zero-order chi connectivity index (χ0) is 24.9. The highest BCUT2D eigenvalue weighted by Crippen LogP contribution is 2.33. The number of aliphatic hydroxyl groups is 3. The van der Waals surface area contributed by atoms with Gasteiger partial charge in [0.25, 0.3) is 0 Å². The lowest BCUT2D eigenvalue weighted by Crippen LogP contribution is -2.58. The summed E-state index contributed by atoms with van der Waals surface area (Å²) in [4.78, 5) is 14.9. The first-order chi connectivity index (χ1) is 16.9. The van der Waals surface area contributed by atoms with Gasteiger partial charge in [0, 0.05) is 18.0 Å². The zero-order valence-corrected chi connectivity index (χ0v) is 20.4. The molecule has 9 nitrogen and oxygen atoms in total. The molecule has 3 heterocycles. The first kappa shape index (κ1) is 25.9. The second-order valence-corrected chi connectivity index (χ2v) is 9.67. The van der Waals surface area contributed by atoms with E-state index in [0.717, 1.165) is 25.9 Å². The van der Waals surface area contributed by atoms with Crippen LogP contribution >= 0.6 is 0 Å². The third-order valence-corrected chi connectivity index (χ3v) is 7.32. The first-order valence-electron chi connectivity index (χ1n) is 12.5. The lowest BCUT2D eigenvalue weighted by molar-refractivity contribution is -0.268. The van der Waals surface area contributed by atoms with Crippen LogP contribution in [-0.2, 0) is 14.3 Å². The van der Waals surface area contributed by atoms with Gasteiger partial charge in [-0.2, -0.15) is 0 Å². The smallest absolute Gasteiger partial charge is 0.330 e. The number of esters is 1. The molecule has 4 rings (SSSR count). The van der Waals surface area contributed by atoms with Crippen LogP contribution in [0.4, 0.5) is 0 Å². The topological polar surface area (TPSA) is 118 Å². The van der Waals surface area contributed by atoms with Gasteiger partial charge in [-0.1, -0.05) is 12.5 Å². The fraction of sp³-hybridized carbons (Fsp3) is 0.654. The summed E-state index contributed by atoms with van der Waals surface area (Å²) in [7, 11) is 1.47. The van der Waals surface area contributed by atoms with E-state index in [1.807, 2.05) is 0 Å². The highest BCUT2D eigenvalue weighted by atomic mass is 16.7. The fourth-order valence-electron chi connectivity index (χ4n) is 5.29. The number of benzene rings is 1. The number of carbonyl (C=O) groups is 1. The Morgan fingerprint density at radius 2 is 1.89 bits per heavy atom.